The Hall–Kier alpha value is -2.93. The van der Waals surface area contributed by atoms with Gasteiger partial charge in [-0.05, 0) is 23.8 Å². The zero-order valence-electron chi connectivity index (χ0n) is 15.3. The van der Waals surface area contributed by atoms with Crippen LogP contribution in [0.5, 0.6) is 17.2 Å². The predicted octanol–water partition coefficient (Wildman–Crippen LogP) is 3.03. The number of carbonyl (C=O) groups is 1. The maximum Gasteiger partial charge on any atom is 0.343 e. The van der Waals surface area contributed by atoms with Crippen molar-refractivity contribution < 1.29 is 23.7 Å². The van der Waals surface area contributed by atoms with Crippen LogP contribution >= 0.6 is 11.6 Å². The van der Waals surface area contributed by atoms with Crippen molar-refractivity contribution in [2.24, 2.45) is 5.10 Å². The summed E-state index contributed by atoms with van der Waals surface area (Å²) in [5, 5.41) is 4.48. The van der Waals surface area contributed by atoms with Gasteiger partial charge in [-0.1, -0.05) is 29.8 Å². The Balaban J connectivity index is 2.04. The molecule has 144 valence electrons. The van der Waals surface area contributed by atoms with Crippen molar-refractivity contribution in [2.45, 2.75) is 6.54 Å². The minimum absolute atomic E-state index is 0.263. The Morgan fingerprint density at radius 3 is 2.59 bits per heavy atom. The first kappa shape index (κ1) is 20.4. The molecule has 1 N–H and O–H groups in total. The number of nitrogens with one attached hydrogen (secondary N) is 1. The molecule has 0 saturated carbocycles. The van der Waals surface area contributed by atoms with Gasteiger partial charge >= 0.3 is 5.97 Å². The molecule has 0 unspecified atom stereocenters. The highest BCUT2D eigenvalue weighted by Gasteiger charge is 2.13. The number of ether oxygens (including phenoxy) is 4. The fourth-order valence-corrected chi connectivity index (χ4v) is 2.52. The van der Waals surface area contributed by atoms with Crippen molar-refractivity contribution in [3.63, 3.8) is 0 Å². The number of esters is 1. The van der Waals surface area contributed by atoms with Gasteiger partial charge in [0.15, 0.2) is 18.1 Å². The molecule has 0 aliphatic rings. The number of nitrogens with zero attached hydrogens (tertiary/aromatic N) is 1. The van der Waals surface area contributed by atoms with E-state index in [0.29, 0.717) is 22.9 Å². The molecule has 8 heteroatoms. The molecule has 0 saturated heterocycles. The summed E-state index contributed by atoms with van der Waals surface area (Å²) in [6.07, 6.45) is 1.61. The SMILES string of the molecule is COC(=O)COc1c(Cl)cc(/C=N\NCc2ccccc2OC)cc1OC. The molecule has 7 nitrogen and oxygen atoms in total. The molecule has 0 radical (unpaired) electrons. The van der Waals surface area contributed by atoms with E-state index in [1.54, 1.807) is 25.5 Å². The lowest BCUT2D eigenvalue weighted by atomic mass is 10.2. The van der Waals surface area contributed by atoms with Crippen molar-refractivity contribution >= 4 is 23.8 Å². The van der Waals surface area contributed by atoms with Gasteiger partial charge in [0.1, 0.15) is 5.75 Å². The lowest BCUT2D eigenvalue weighted by Gasteiger charge is -2.12. The molecule has 2 rings (SSSR count). The number of benzene rings is 2. The first-order chi connectivity index (χ1) is 13.1. The van der Waals surface area contributed by atoms with E-state index in [2.05, 4.69) is 15.3 Å². The van der Waals surface area contributed by atoms with E-state index in [1.165, 1.54) is 14.2 Å². The summed E-state index contributed by atoms with van der Waals surface area (Å²) in [6.45, 7) is 0.242. The predicted molar refractivity (Wildman–Crippen MR) is 103 cm³/mol. The first-order valence-electron chi connectivity index (χ1n) is 8.04. The number of halogens is 1. The molecule has 0 aliphatic heterocycles. The third-order valence-corrected chi connectivity index (χ3v) is 3.86. The Bertz CT molecular complexity index is 811. The number of rotatable bonds is 9. The normalized spacial score (nSPS) is 10.5. The molecule has 0 heterocycles. The monoisotopic (exact) mass is 392 g/mol. The van der Waals surface area contributed by atoms with E-state index in [-0.39, 0.29) is 12.4 Å². The molecule has 27 heavy (non-hydrogen) atoms. The Morgan fingerprint density at radius 2 is 1.89 bits per heavy atom. The van der Waals surface area contributed by atoms with Gasteiger partial charge in [-0.15, -0.1) is 0 Å². The molecular formula is C19H21ClN2O5. The highest BCUT2D eigenvalue weighted by Crippen LogP contribution is 2.36. The number of para-hydroxylation sites is 1. The Morgan fingerprint density at radius 1 is 1.15 bits per heavy atom. The minimum atomic E-state index is -0.515. The topological polar surface area (TPSA) is 78.4 Å². The van der Waals surface area contributed by atoms with Gasteiger partial charge in [-0.25, -0.2) is 4.79 Å². The smallest absolute Gasteiger partial charge is 0.343 e. The fourth-order valence-electron chi connectivity index (χ4n) is 2.24. The third kappa shape index (κ3) is 5.79. The van der Waals surface area contributed by atoms with Crippen molar-refractivity contribution in [3.8, 4) is 17.2 Å². The average Bonchev–Trinajstić information content (AvgIpc) is 2.69. The van der Waals surface area contributed by atoms with E-state index >= 15 is 0 Å². The summed E-state index contributed by atoms with van der Waals surface area (Å²) in [6, 6.07) is 11.0. The molecule has 2 aromatic rings. The van der Waals surface area contributed by atoms with Crippen LogP contribution in [0.4, 0.5) is 0 Å². The van der Waals surface area contributed by atoms with E-state index in [0.717, 1.165) is 11.3 Å². The van der Waals surface area contributed by atoms with Crippen LogP contribution in [0.15, 0.2) is 41.5 Å². The van der Waals surface area contributed by atoms with Gasteiger partial charge in [-0.2, -0.15) is 5.10 Å². The molecule has 0 fully saturated rings. The zero-order valence-corrected chi connectivity index (χ0v) is 16.1. The summed E-state index contributed by atoms with van der Waals surface area (Å²) < 4.78 is 20.5. The molecule has 0 aliphatic carbocycles. The molecule has 2 aromatic carbocycles. The van der Waals surface area contributed by atoms with Gasteiger partial charge in [0, 0.05) is 5.56 Å². The third-order valence-electron chi connectivity index (χ3n) is 3.58. The Kier molecular flexibility index (Phi) is 7.76. The highest BCUT2D eigenvalue weighted by molar-refractivity contribution is 6.32. The summed E-state index contributed by atoms with van der Waals surface area (Å²) in [4.78, 5) is 11.2. The standard InChI is InChI=1S/C19H21ClN2O5/c1-24-16-7-5-4-6-14(16)11-22-21-10-13-8-15(20)19(17(9-13)25-2)27-12-18(23)26-3/h4-10,22H,11-12H2,1-3H3/b21-10-. The Labute approximate surface area is 162 Å². The van der Waals surface area contributed by atoms with E-state index < -0.39 is 5.97 Å². The maximum atomic E-state index is 11.2. The molecular weight excluding hydrogens is 372 g/mol. The number of hydrogen-bond acceptors (Lipinski definition) is 7. The van der Waals surface area contributed by atoms with Crippen LogP contribution in [-0.4, -0.2) is 40.1 Å². The second kappa shape index (κ2) is 10.3. The lowest BCUT2D eigenvalue weighted by molar-refractivity contribution is -0.142. The second-order valence-corrected chi connectivity index (χ2v) is 5.71. The van der Waals surface area contributed by atoms with Gasteiger partial charge in [-0.3, -0.25) is 0 Å². The minimum Gasteiger partial charge on any atom is -0.496 e. The quantitative estimate of drug-likeness (QED) is 0.401. The lowest BCUT2D eigenvalue weighted by Crippen LogP contribution is -2.13. The van der Waals surface area contributed by atoms with Gasteiger partial charge in [0.05, 0.1) is 39.1 Å². The number of hydrogen-bond donors (Lipinski definition) is 1. The molecule has 0 spiro atoms. The van der Waals surface area contributed by atoms with Gasteiger partial charge in [0.25, 0.3) is 0 Å². The molecule has 0 bridgehead atoms. The van der Waals surface area contributed by atoms with E-state index in [1.807, 2.05) is 24.3 Å². The number of methoxy groups -OCH3 is 3. The zero-order chi connectivity index (χ0) is 19.6. The number of carbonyl (C=O) groups excluding carboxylic acids is 1. The fraction of sp³-hybridized carbons (Fsp3) is 0.263. The first-order valence-corrected chi connectivity index (χ1v) is 8.41. The molecule has 0 amide bonds. The largest absolute Gasteiger partial charge is 0.496 e. The van der Waals surface area contributed by atoms with Gasteiger partial charge < -0.3 is 24.4 Å². The highest BCUT2D eigenvalue weighted by atomic mass is 35.5. The summed E-state index contributed by atoms with van der Waals surface area (Å²) in [5.74, 6) is 0.928. The van der Waals surface area contributed by atoms with Crippen LogP contribution in [0.3, 0.4) is 0 Å². The van der Waals surface area contributed by atoms with Crippen molar-refractivity contribution in [2.75, 3.05) is 27.9 Å². The van der Waals surface area contributed by atoms with Crippen LogP contribution in [-0.2, 0) is 16.1 Å². The summed E-state index contributed by atoms with van der Waals surface area (Å²) >= 11 is 6.23. The van der Waals surface area contributed by atoms with Crippen LogP contribution in [0.2, 0.25) is 5.02 Å². The van der Waals surface area contributed by atoms with E-state index in [4.69, 9.17) is 25.8 Å². The van der Waals surface area contributed by atoms with E-state index in [9.17, 15) is 4.79 Å². The van der Waals surface area contributed by atoms with Crippen LogP contribution in [0.1, 0.15) is 11.1 Å². The maximum absolute atomic E-state index is 11.2. The summed E-state index contributed by atoms with van der Waals surface area (Å²) in [5.41, 5.74) is 4.65. The van der Waals surface area contributed by atoms with Crippen molar-refractivity contribution in [1.82, 2.24) is 5.43 Å². The second-order valence-electron chi connectivity index (χ2n) is 5.30. The molecule has 0 aromatic heterocycles. The average molecular weight is 393 g/mol. The van der Waals surface area contributed by atoms with Crippen LogP contribution < -0.4 is 19.6 Å². The number of hydrazone groups is 1. The van der Waals surface area contributed by atoms with Crippen LogP contribution in [0, 0.1) is 0 Å². The van der Waals surface area contributed by atoms with Crippen molar-refractivity contribution in [3.05, 3.63) is 52.5 Å². The molecule has 0 atom stereocenters. The summed E-state index contributed by atoms with van der Waals surface area (Å²) in [7, 11) is 4.39. The van der Waals surface area contributed by atoms with Crippen LogP contribution in [0.25, 0.3) is 0 Å². The van der Waals surface area contributed by atoms with Crippen molar-refractivity contribution in [1.29, 1.82) is 0 Å². The van der Waals surface area contributed by atoms with Gasteiger partial charge in [0.2, 0.25) is 0 Å².